The van der Waals surface area contributed by atoms with E-state index < -0.39 is 0 Å². The Balaban J connectivity index is 1.70. The maximum absolute atomic E-state index is 5.44. The maximum atomic E-state index is 5.44. The Morgan fingerprint density at radius 3 is 2.69 bits per heavy atom. The molecule has 2 heteroatoms. The summed E-state index contributed by atoms with van der Waals surface area (Å²) in [6, 6.07) is 12.3. The summed E-state index contributed by atoms with van der Waals surface area (Å²) in [4.78, 5) is 0. The van der Waals surface area contributed by atoms with E-state index in [2.05, 4.69) is 29.0 Å². The van der Waals surface area contributed by atoms with Crippen LogP contribution in [0.1, 0.15) is 11.1 Å². The fraction of sp³-hybridized carbons (Fsp3) is 0.143. The SMILES string of the molecule is C(=C/OCc1ccccc1)/Cc1ccsc1. The van der Waals surface area contributed by atoms with Crippen LogP contribution >= 0.6 is 11.3 Å². The third-order valence-corrected chi connectivity index (χ3v) is 2.95. The van der Waals surface area contributed by atoms with E-state index in [0.29, 0.717) is 6.61 Å². The molecule has 1 aromatic carbocycles. The second kappa shape index (κ2) is 6.13. The summed E-state index contributed by atoms with van der Waals surface area (Å²) in [7, 11) is 0. The van der Waals surface area contributed by atoms with E-state index in [1.54, 1.807) is 17.6 Å². The van der Waals surface area contributed by atoms with Gasteiger partial charge in [0.25, 0.3) is 0 Å². The van der Waals surface area contributed by atoms with E-state index in [1.807, 2.05) is 24.3 Å². The molecule has 0 unspecified atom stereocenters. The Bertz CT molecular complexity index is 417. The zero-order valence-electron chi connectivity index (χ0n) is 9.00. The van der Waals surface area contributed by atoms with E-state index in [1.165, 1.54) is 11.1 Å². The first-order chi connectivity index (χ1) is 7.95. The highest BCUT2D eigenvalue weighted by atomic mass is 32.1. The topological polar surface area (TPSA) is 9.23 Å². The standard InChI is InChI=1S/C14H14OS/c1-2-5-13(6-3-1)11-15-9-4-7-14-8-10-16-12-14/h1-6,8-10,12H,7,11H2/b9-4-. The van der Waals surface area contributed by atoms with Gasteiger partial charge in [-0.1, -0.05) is 30.3 Å². The van der Waals surface area contributed by atoms with E-state index in [0.717, 1.165) is 6.42 Å². The van der Waals surface area contributed by atoms with Crippen LogP contribution in [0.2, 0.25) is 0 Å². The molecule has 0 fully saturated rings. The number of ether oxygens (including phenoxy) is 1. The van der Waals surface area contributed by atoms with Crippen LogP contribution < -0.4 is 0 Å². The van der Waals surface area contributed by atoms with Gasteiger partial charge < -0.3 is 4.74 Å². The summed E-state index contributed by atoms with van der Waals surface area (Å²) in [5.74, 6) is 0. The monoisotopic (exact) mass is 230 g/mol. The van der Waals surface area contributed by atoms with Gasteiger partial charge in [-0.25, -0.2) is 0 Å². The minimum absolute atomic E-state index is 0.640. The highest BCUT2D eigenvalue weighted by molar-refractivity contribution is 7.07. The zero-order valence-corrected chi connectivity index (χ0v) is 9.82. The summed E-state index contributed by atoms with van der Waals surface area (Å²) >= 11 is 1.73. The number of allylic oxidation sites excluding steroid dienone is 1. The van der Waals surface area contributed by atoms with Crippen molar-refractivity contribution in [3.8, 4) is 0 Å². The molecule has 0 spiro atoms. The quantitative estimate of drug-likeness (QED) is 0.705. The molecule has 16 heavy (non-hydrogen) atoms. The molecule has 82 valence electrons. The van der Waals surface area contributed by atoms with E-state index in [4.69, 9.17) is 4.74 Å². The van der Waals surface area contributed by atoms with Crippen LogP contribution in [-0.4, -0.2) is 0 Å². The number of rotatable bonds is 5. The molecule has 2 rings (SSSR count). The number of hydrogen-bond acceptors (Lipinski definition) is 2. The van der Waals surface area contributed by atoms with Gasteiger partial charge in [0.2, 0.25) is 0 Å². The predicted octanol–water partition coefficient (Wildman–Crippen LogP) is 4.02. The lowest BCUT2D eigenvalue weighted by molar-refractivity contribution is 0.235. The Hall–Kier alpha value is -1.54. The van der Waals surface area contributed by atoms with Crippen molar-refractivity contribution in [3.05, 3.63) is 70.6 Å². The number of benzene rings is 1. The fourth-order valence-corrected chi connectivity index (χ4v) is 2.06. The summed E-state index contributed by atoms with van der Waals surface area (Å²) in [5, 5.41) is 4.25. The van der Waals surface area contributed by atoms with E-state index >= 15 is 0 Å². The van der Waals surface area contributed by atoms with Crippen molar-refractivity contribution in [1.82, 2.24) is 0 Å². The highest BCUT2D eigenvalue weighted by Crippen LogP contribution is 2.07. The van der Waals surface area contributed by atoms with Gasteiger partial charge in [-0.3, -0.25) is 0 Å². The molecular formula is C14H14OS. The molecule has 1 aromatic heterocycles. The van der Waals surface area contributed by atoms with Gasteiger partial charge in [-0.15, -0.1) is 0 Å². The molecule has 0 aliphatic heterocycles. The number of hydrogen-bond donors (Lipinski definition) is 0. The molecule has 0 N–H and O–H groups in total. The maximum Gasteiger partial charge on any atom is 0.112 e. The van der Waals surface area contributed by atoms with E-state index in [9.17, 15) is 0 Å². The first kappa shape index (κ1) is 11.0. The third kappa shape index (κ3) is 3.55. The first-order valence-electron chi connectivity index (χ1n) is 5.27. The van der Waals surface area contributed by atoms with Crippen molar-refractivity contribution < 1.29 is 4.74 Å². The average Bonchev–Trinajstić information content (AvgIpc) is 2.83. The van der Waals surface area contributed by atoms with E-state index in [-0.39, 0.29) is 0 Å². The lowest BCUT2D eigenvalue weighted by Gasteiger charge is -1.99. The molecule has 0 aliphatic carbocycles. The van der Waals surface area contributed by atoms with Gasteiger partial charge in [0, 0.05) is 0 Å². The highest BCUT2D eigenvalue weighted by Gasteiger charge is 1.89. The number of thiophene rings is 1. The summed E-state index contributed by atoms with van der Waals surface area (Å²) in [6.07, 6.45) is 4.77. The van der Waals surface area contributed by atoms with Crippen molar-refractivity contribution in [3.63, 3.8) is 0 Å². The minimum Gasteiger partial charge on any atom is -0.497 e. The summed E-state index contributed by atoms with van der Waals surface area (Å²) in [5.41, 5.74) is 2.53. The molecule has 1 nitrogen and oxygen atoms in total. The van der Waals surface area contributed by atoms with Crippen molar-refractivity contribution in [1.29, 1.82) is 0 Å². The van der Waals surface area contributed by atoms with Crippen molar-refractivity contribution in [2.45, 2.75) is 13.0 Å². The van der Waals surface area contributed by atoms with Crippen LogP contribution in [0.5, 0.6) is 0 Å². The Morgan fingerprint density at radius 2 is 1.94 bits per heavy atom. The molecule has 0 aliphatic rings. The van der Waals surface area contributed by atoms with Crippen LogP contribution in [-0.2, 0) is 17.8 Å². The van der Waals surface area contributed by atoms with Crippen LogP contribution in [0, 0.1) is 0 Å². The van der Waals surface area contributed by atoms with Gasteiger partial charge >= 0.3 is 0 Å². The zero-order chi connectivity index (χ0) is 11.1. The van der Waals surface area contributed by atoms with Gasteiger partial charge in [-0.2, -0.15) is 11.3 Å². The fourth-order valence-electron chi connectivity index (χ4n) is 1.38. The van der Waals surface area contributed by atoms with Crippen LogP contribution in [0.15, 0.2) is 59.5 Å². The molecule has 0 saturated heterocycles. The summed E-state index contributed by atoms with van der Waals surface area (Å²) in [6.45, 7) is 0.640. The molecule has 0 saturated carbocycles. The molecule has 0 atom stereocenters. The minimum atomic E-state index is 0.640. The molecular weight excluding hydrogens is 216 g/mol. The largest absolute Gasteiger partial charge is 0.497 e. The lowest BCUT2D eigenvalue weighted by Crippen LogP contribution is -1.85. The van der Waals surface area contributed by atoms with Crippen molar-refractivity contribution in [2.24, 2.45) is 0 Å². The Morgan fingerprint density at radius 1 is 1.06 bits per heavy atom. The Kier molecular flexibility index (Phi) is 4.20. The first-order valence-corrected chi connectivity index (χ1v) is 6.21. The Labute approximate surface area is 100 Å². The molecule has 1 heterocycles. The van der Waals surface area contributed by atoms with Crippen molar-refractivity contribution in [2.75, 3.05) is 0 Å². The van der Waals surface area contributed by atoms with Gasteiger partial charge in [0.15, 0.2) is 0 Å². The van der Waals surface area contributed by atoms with Crippen LogP contribution in [0.3, 0.4) is 0 Å². The average molecular weight is 230 g/mol. The smallest absolute Gasteiger partial charge is 0.112 e. The van der Waals surface area contributed by atoms with Crippen LogP contribution in [0.4, 0.5) is 0 Å². The molecule has 2 aromatic rings. The molecule has 0 bridgehead atoms. The second-order valence-corrected chi connectivity index (χ2v) is 4.28. The summed E-state index contributed by atoms with van der Waals surface area (Å²) < 4.78 is 5.44. The lowest BCUT2D eigenvalue weighted by atomic mass is 10.2. The van der Waals surface area contributed by atoms with Gasteiger partial charge in [0.05, 0.1) is 6.26 Å². The van der Waals surface area contributed by atoms with Gasteiger partial charge in [0.1, 0.15) is 6.61 Å². The second-order valence-electron chi connectivity index (χ2n) is 3.50. The van der Waals surface area contributed by atoms with Crippen molar-refractivity contribution >= 4 is 11.3 Å². The molecule has 0 radical (unpaired) electrons. The van der Waals surface area contributed by atoms with Gasteiger partial charge in [-0.05, 0) is 40.5 Å². The molecule has 0 amide bonds. The predicted molar refractivity (Wildman–Crippen MR) is 68.4 cm³/mol. The third-order valence-electron chi connectivity index (χ3n) is 2.22. The van der Waals surface area contributed by atoms with Crippen LogP contribution in [0.25, 0.3) is 0 Å². The normalized spacial score (nSPS) is 10.8.